The van der Waals surface area contributed by atoms with Crippen LogP contribution in [0.1, 0.15) is 0 Å². The first-order chi connectivity index (χ1) is 7.68. The lowest BCUT2D eigenvalue weighted by atomic mass is 10.2. The van der Waals surface area contributed by atoms with Crippen LogP contribution in [0.5, 0.6) is 0 Å². The third kappa shape index (κ3) is 1.81. The highest BCUT2D eigenvalue weighted by molar-refractivity contribution is 5.54. The molecule has 0 fully saturated rings. The molecule has 2 heterocycles. The maximum Gasteiger partial charge on any atom is 0.273 e. The molecule has 0 spiro atoms. The second-order valence-corrected chi connectivity index (χ2v) is 3.07. The molecule has 80 valence electrons. The van der Waals surface area contributed by atoms with Crippen LogP contribution in [0.25, 0.3) is 11.4 Å². The minimum absolute atomic E-state index is 0.0890. The van der Waals surface area contributed by atoms with Gasteiger partial charge in [0, 0.05) is 30.5 Å². The number of pyridine rings is 2. The van der Waals surface area contributed by atoms with E-state index < -0.39 is 4.92 Å². The van der Waals surface area contributed by atoms with Crippen molar-refractivity contribution in [2.24, 2.45) is 0 Å². The molecule has 2 aromatic heterocycles. The molecule has 0 atom stereocenters. The van der Waals surface area contributed by atoms with Crippen LogP contribution in [0.2, 0.25) is 0 Å². The fraction of sp³-hybridized carbons (Fsp3) is 0. The Morgan fingerprint density at radius 3 is 2.81 bits per heavy atom. The summed E-state index contributed by atoms with van der Waals surface area (Å²) >= 11 is 0. The molecule has 0 unspecified atom stereocenters. The van der Waals surface area contributed by atoms with Gasteiger partial charge in [0.05, 0.1) is 4.92 Å². The highest BCUT2D eigenvalue weighted by Gasteiger charge is 2.13. The normalized spacial score (nSPS) is 10.0. The molecular weight excluding hydrogens is 210 g/mol. The van der Waals surface area contributed by atoms with E-state index >= 15 is 0 Å². The van der Waals surface area contributed by atoms with Gasteiger partial charge in [-0.05, 0) is 6.07 Å². The molecule has 2 aromatic rings. The van der Waals surface area contributed by atoms with Crippen molar-refractivity contribution in [2.75, 3.05) is 0 Å². The summed E-state index contributed by atoms with van der Waals surface area (Å²) < 4.78 is 0.617. The summed E-state index contributed by atoms with van der Waals surface area (Å²) in [6.07, 6.45) is 2.62. The molecule has 0 amide bonds. The van der Waals surface area contributed by atoms with Crippen LogP contribution in [0.4, 0.5) is 5.69 Å². The number of nitrogens with zero attached hydrogens (tertiary/aromatic N) is 3. The van der Waals surface area contributed by atoms with Gasteiger partial charge in [-0.3, -0.25) is 10.1 Å². The van der Waals surface area contributed by atoms with Gasteiger partial charge in [-0.15, -0.1) is 0 Å². The topological polar surface area (TPSA) is 83.0 Å². The van der Waals surface area contributed by atoms with E-state index in [-0.39, 0.29) is 17.1 Å². The summed E-state index contributed by atoms with van der Waals surface area (Å²) in [6.45, 7) is 0. The molecular formula is C10H7N3O3. The molecule has 0 aliphatic carbocycles. The first-order valence-electron chi connectivity index (χ1n) is 4.47. The van der Waals surface area contributed by atoms with Gasteiger partial charge in [0.25, 0.3) is 5.69 Å². The molecule has 0 aliphatic heterocycles. The molecule has 0 saturated carbocycles. The monoisotopic (exact) mass is 217 g/mol. The molecule has 0 saturated heterocycles. The molecule has 0 radical (unpaired) electrons. The van der Waals surface area contributed by atoms with Crippen molar-refractivity contribution in [1.29, 1.82) is 0 Å². The van der Waals surface area contributed by atoms with Crippen molar-refractivity contribution >= 4 is 5.69 Å². The summed E-state index contributed by atoms with van der Waals surface area (Å²) in [4.78, 5) is 14.0. The van der Waals surface area contributed by atoms with E-state index in [2.05, 4.69) is 4.98 Å². The van der Waals surface area contributed by atoms with Crippen LogP contribution >= 0.6 is 0 Å². The third-order valence-electron chi connectivity index (χ3n) is 2.04. The average molecular weight is 217 g/mol. The molecule has 2 rings (SSSR count). The van der Waals surface area contributed by atoms with Crippen LogP contribution in [-0.4, -0.2) is 9.91 Å². The predicted molar refractivity (Wildman–Crippen MR) is 55.3 cm³/mol. The van der Waals surface area contributed by atoms with Crippen LogP contribution in [0, 0.1) is 15.3 Å². The lowest BCUT2D eigenvalue weighted by molar-refractivity contribution is -0.593. The van der Waals surface area contributed by atoms with Crippen molar-refractivity contribution in [3.8, 4) is 11.4 Å². The van der Waals surface area contributed by atoms with Crippen LogP contribution in [0.3, 0.4) is 0 Å². The van der Waals surface area contributed by atoms with E-state index in [4.69, 9.17) is 0 Å². The zero-order valence-corrected chi connectivity index (χ0v) is 8.11. The molecule has 0 N–H and O–H groups in total. The largest absolute Gasteiger partial charge is 0.618 e. The van der Waals surface area contributed by atoms with E-state index in [0.717, 1.165) is 0 Å². The van der Waals surface area contributed by atoms with Gasteiger partial charge in [-0.25, -0.2) is 4.98 Å². The average Bonchev–Trinajstić information content (AvgIpc) is 2.30. The highest BCUT2D eigenvalue weighted by Crippen LogP contribution is 2.17. The Kier molecular flexibility index (Phi) is 2.47. The van der Waals surface area contributed by atoms with Gasteiger partial charge < -0.3 is 5.21 Å². The van der Waals surface area contributed by atoms with Crippen LogP contribution < -0.4 is 4.73 Å². The third-order valence-corrected chi connectivity index (χ3v) is 2.04. The minimum atomic E-state index is -0.525. The Balaban J connectivity index is 2.53. The lowest BCUT2D eigenvalue weighted by Crippen LogP contribution is -2.28. The number of nitro groups is 1. The van der Waals surface area contributed by atoms with Gasteiger partial charge in [0.2, 0.25) is 5.69 Å². The maximum atomic E-state index is 11.4. The number of aromatic nitrogens is 2. The quantitative estimate of drug-likeness (QED) is 0.328. The standard InChI is InChI=1S/C10H7N3O3/c14-12-6-2-1-3-10(12)9-7-8(13(15)16)4-5-11-9/h1-7H. The molecule has 16 heavy (non-hydrogen) atoms. The number of rotatable bonds is 2. The smallest absolute Gasteiger partial charge is 0.273 e. The van der Waals surface area contributed by atoms with Crippen molar-refractivity contribution in [2.45, 2.75) is 0 Å². The predicted octanol–water partition coefficient (Wildman–Crippen LogP) is 1.29. The lowest BCUT2D eigenvalue weighted by Gasteiger charge is -2.02. The Morgan fingerprint density at radius 1 is 1.31 bits per heavy atom. The second-order valence-electron chi connectivity index (χ2n) is 3.07. The second kappa shape index (κ2) is 3.93. The Hall–Kier alpha value is -2.50. The van der Waals surface area contributed by atoms with Gasteiger partial charge >= 0.3 is 0 Å². The van der Waals surface area contributed by atoms with Crippen LogP contribution in [0.15, 0.2) is 42.7 Å². The molecule has 6 heteroatoms. The van der Waals surface area contributed by atoms with Crippen molar-refractivity contribution in [3.05, 3.63) is 58.0 Å². The summed E-state index contributed by atoms with van der Waals surface area (Å²) in [5, 5.41) is 22.0. The number of hydrogen-bond donors (Lipinski definition) is 0. The van der Waals surface area contributed by atoms with E-state index in [0.29, 0.717) is 4.73 Å². The van der Waals surface area contributed by atoms with Crippen molar-refractivity contribution < 1.29 is 9.65 Å². The highest BCUT2D eigenvalue weighted by atomic mass is 16.6. The Bertz CT molecular complexity index is 542. The van der Waals surface area contributed by atoms with Gasteiger partial charge in [-0.2, -0.15) is 4.73 Å². The minimum Gasteiger partial charge on any atom is -0.618 e. The first-order valence-corrected chi connectivity index (χ1v) is 4.47. The fourth-order valence-electron chi connectivity index (χ4n) is 1.30. The van der Waals surface area contributed by atoms with E-state index in [9.17, 15) is 15.3 Å². The summed E-state index contributed by atoms with van der Waals surface area (Å²) in [7, 11) is 0. The fourth-order valence-corrected chi connectivity index (χ4v) is 1.30. The summed E-state index contributed by atoms with van der Waals surface area (Å²) in [6, 6.07) is 7.35. The van der Waals surface area contributed by atoms with E-state index in [1.54, 1.807) is 18.2 Å². The molecule has 0 aliphatic rings. The molecule has 6 nitrogen and oxygen atoms in total. The summed E-state index contributed by atoms with van der Waals surface area (Å²) in [5.41, 5.74) is 0.477. The van der Waals surface area contributed by atoms with Crippen molar-refractivity contribution in [1.82, 2.24) is 4.98 Å². The van der Waals surface area contributed by atoms with Gasteiger partial charge in [-0.1, -0.05) is 0 Å². The zero-order chi connectivity index (χ0) is 11.5. The van der Waals surface area contributed by atoms with E-state index in [1.807, 2.05) is 0 Å². The van der Waals surface area contributed by atoms with Crippen LogP contribution in [-0.2, 0) is 0 Å². The molecule has 0 bridgehead atoms. The Morgan fingerprint density at radius 2 is 2.12 bits per heavy atom. The molecule has 0 aromatic carbocycles. The Labute approximate surface area is 90.5 Å². The first kappa shape index (κ1) is 10.0. The SMILES string of the molecule is O=[N+]([O-])c1ccnc(-c2cccc[n+]2[O-])c1. The van der Waals surface area contributed by atoms with Crippen molar-refractivity contribution in [3.63, 3.8) is 0 Å². The zero-order valence-electron chi connectivity index (χ0n) is 8.11. The van der Waals surface area contributed by atoms with Gasteiger partial charge in [0.1, 0.15) is 5.69 Å². The van der Waals surface area contributed by atoms with E-state index in [1.165, 1.54) is 24.5 Å². The number of hydrogen-bond acceptors (Lipinski definition) is 4. The van der Waals surface area contributed by atoms with Gasteiger partial charge in [0.15, 0.2) is 6.20 Å². The maximum absolute atomic E-state index is 11.4. The summed E-state index contributed by atoms with van der Waals surface area (Å²) in [5.74, 6) is 0.